The van der Waals surface area contributed by atoms with Gasteiger partial charge < -0.3 is 9.47 Å². The lowest BCUT2D eigenvalue weighted by molar-refractivity contribution is -0.134. The largest absolute Gasteiger partial charge is 0.345 e. The molecule has 2 aliphatic heterocycles. The predicted octanol–water partition coefficient (Wildman–Crippen LogP) is 3.49. The Bertz CT molecular complexity index is 865. The van der Waals surface area contributed by atoms with E-state index >= 15 is 0 Å². The van der Waals surface area contributed by atoms with Gasteiger partial charge in [0.2, 0.25) is 5.91 Å². The fourth-order valence-electron chi connectivity index (χ4n) is 4.35. The Morgan fingerprint density at radius 3 is 2.76 bits per heavy atom. The zero-order valence-corrected chi connectivity index (χ0v) is 15.8. The number of hydrogen-bond donors (Lipinski definition) is 0. The molecule has 4 rings (SSSR count). The van der Waals surface area contributed by atoms with Crippen molar-refractivity contribution in [3.05, 3.63) is 41.1 Å². The number of aromatic nitrogens is 1. The lowest BCUT2D eigenvalue weighted by Crippen LogP contribution is -2.48. The number of carbonyl (C=O) groups excluding carboxylic acids is 1. The van der Waals surface area contributed by atoms with Crippen molar-refractivity contribution >= 4 is 34.0 Å². The number of amides is 1. The highest BCUT2D eigenvalue weighted by atomic mass is 35.5. The number of hydrogen-bond acceptors (Lipinski definition) is 2. The molecule has 4 nitrogen and oxygen atoms in total. The molecule has 1 aromatic carbocycles. The van der Waals surface area contributed by atoms with Crippen molar-refractivity contribution in [3.8, 4) is 0 Å². The van der Waals surface area contributed by atoms with Gasteiger partial charge in [-0.25, -0.2) is 0 Å². The van der Waals surface area contributed by atoms with E-state index in [1.54, 1.807) is 0 Å². The third kappa shape index (κ3) is 2.59. The Hall–Kier alpha value is -1.78. The normalized spacial score (nSPS) is 22.6. The molecule has 1 aromatic heterocycles. The van der Waals surface area contributed by atoms with Crippen LogP contribution in [0.4, 0.5) is 0 Å². The summed E-state index contributed by atoms with van der Waals surface area (Å²) in [6, 6.07) is 6.49. The van der Waals surface area contributed by atoms with Crippen LogP contribution in [0.1, 0.15) is 19.4 Å². The van der Waals surface area contributed by atoms with E-state index in [0.29, 0.717) is 6.04 Å². The molecule has 132 valence electrons. The van der Waals surface area contributed by atoms with E-state index in [9.17, 15) is 4.79 Å². The predicted molar refractivity (Wildman–Crippen MR) is 103 cm³/mol. The molecule has 0 saturated carbocycles. The Kier molecular flexibility index (Phi) is 4.13. The molecule has 3 heterocycles. The summed E-state index contributed by atoms with van der Waals surface area (Å²) in [5, 5.41) is 1.92. The van der Waals surface area contributed by atoms with Gasteiger partial charge >= 0.3 is 0 Å². The number of carbonyl (C=O) groups is 1. The summed E-state index contributed by atoms with van der Waals surface area (Å²) in [6.07, 6.45) is 4.34. The first-order chi connectivity index (χ1) is 12.0. The van der Waals surface area contributed by atoms with Gasteiger partial charge in [-0.05, 0) is 44.7 Å². The Morgan fingerprint density at radius 2 is 2.04 bits per heavy atom. The van der Waals surface area contributed by atoms with Gasteiger partial charge in [-0.1, -0.05) is 17.7 Å². The molecule has 25 heavy (non-hydrogen) atoms. The maximum atomic E-state index is 12.9. The van der Waals surface area contributed by atoms with E-state index in [2.05, 4.69) is 40.9 Å². The SMILES string of the molecule is CCN(CC)C(=O)C1C=C2c3cc(Cl)cc4ccn(c34)CC2N(C)C1. The van der Waals surface area contributed by atoms with Crippen molar-refractivity contribution in [1.82, 2.24) is 14.4 Å². The van der Waals surface area contributed by atoms with Crippen LogP contribution in [-0.4, -0.2) is 53.0 Å². The second kappa shape index (κ2) is 6.19. The van der Waals surface area contributed by atoms with Gasteiger partial charge in [0.15, 0.2) is 0 Å². The zero-order valence-electron chi connectivity index (χ0n) is 15.0. The van der Waals surface area contributed by atoms with E-state index in [1.165, 1.54) is 22.0 Å². The van der Waals surface area contributed by atoms with Gasteiger partial charge in [0.1, 0.15) is 0 Å². The van der Waals surface area contributed by atoms with Gasteiger partial charge in [-0.15, -0.1) is 0 Å². The van der Waals surface area contributed by atoms with Crippen LogP contribution in [-0.2, 0) is 11.3 Å². The van der Waals surface area contributed by atoms with Crippen molar-refractivity contribution < 1.29 is 4.79 Å². The molecule has 0 N–H and O–H groups in total. The van der Waals surface area contributed by atoms with Crippen LogP contribution < -0.4 is 0 Å². The first-order valence-electron chi connectivity index (χ1n) is 9.03. The van der Waals surface area contributed by atoms with Crippen LogP contribution in [0.5, 0.6) is 0 Å². The third-order valence-corrected chi connectivity index (χ3v) is 5.87. The Balaban J connectivity index is 1.83. The molecule has 5 heteroatoms. The van der Waals surface area contributed by atoms with Crippen molar-refractivity contribution in [3.63, 3.8) is 0 Å². The summed E-state index contributed by atoms with van der Waals surface area (Å²) >= 11 is 6.37. The van der Waals surface area contributed by atoms with E-state index in [1.807, 2.05) is 24.8 Å². The van der Waals surface area contributed by atoms with Crippen LogP contribution in [0.25, 0.3) is 16.5 Å². The molecule has 0 bridgehead atoms. The summed E-state index contributed by atoms with van der Waals surface area (Å²) in [6.45, 7) is 7.28. The highest BCUT2D eigenvalue weighted by Gasteiger charge is 2.36. The number of benzene rings is 1. The number of likely N-dealkylation sites (N-methyl/N-ethyl adjacent to an activating group) is 1. The minimum Gasteiger partial charge on any atom is -0.345 e. The molecular formula is C20H24ClN3O. The van der Waals surface area contributed by atoms with Crippen LogP contribution in [0.3, 0.4) is 0 Å². The van der Waals surface area contributed by atoms with Crippen LogP contribution >= 0.6 is 11.6 Å². The molecule has 0 spiro atoms. The molecule has 2 unspecified atom stereocenters. The fourth-order valence-corrected chi connectivity index (χ4v) is 4.58. The molecule has 2 aliphatic rings. The van der Waals surface area contributed by atoms with Crippen LogP contribution in [0.2, 0.25) is 5.02 Å². The number of fused-ring (bicyclic) bond motifs is 2. The highest BCUT2D eigenvalue weighted by molar-refractivity contribution is 6.31. The van der Waals surface area contributed by atoms with Gasteiger partial charge in [-0.2, -0.15) is 0 Å². The molecular weight excluding hydrogens is 334 g/mol. The third-order valence-electron chi connectivity index (χ3n) is 5.65. The van der Waals surface area contributed by atoms with Crippen molar-refractivity contribution in [2.45, 2.75) is 26.4 Å². The number of halogens is 1. The topological polar surface area (TPSA) is 28.5 Å². The second-order valence-electron chi connectivity index (χ2n) is 7.05. The molecule has 0 fully saturated rings. The monoisotopic (exact) mass is 357 g/mol. The first-order valence-corrected chi connectivity index (χ1v) is 9.40. The summed E-state index contributed by atoms with van der Waals surface area (Å²) in [7, 11) is 2.12. The van der Waals surface area contributed by atoms with E-state index in [0.717, 1.165) is 31.2 Å². The van der Waals surface area contributed by atoms with Gasteiger partial charge in [0, 0.05) is 48.3 Å². The first kappa shape index (κ1) is 16.7. The second-order valence-corrected chi connectivity index (χ2v) is 7.49. The van der Waals surface area contributed by atoms with Crippen molar-refractivity contribution in [2.24, 2.45) is 5.92 Å². The quantitative estimate of drug-likeness (QED) is 0.841. The van der Waals surface area contributed by atoms with E-state index in [-0.39, 0.29) is 11.8 Å². The Labute approximate surface area is 153 Å². The molecule has 0 aliphatic carbocycles. The number of rotatable bonds is 3. The van der Waals surface area contributed by atoms with Gasteiger partial charge in [0.05, 0.1) is 17.5 Å². The summed E-state index contributed by atoms with van der Waals surface area (Å²) in [5.41, 5.74) is 3.65. The maximum Gasteiger partial charge on any atom is 0.230 e. The fraction of sp³-hybridized carbons (Fsp3) is 0.450. The minimum atomic E-state index is -0.0910. The minimum absolute atomic E-state index is 0.0910. The maximum absolute atomic E-state index is 12.9. The van der Waals surface area contributed by atoms with Gasteiger partial charge in [-0.3, -0.25) is 9.69 Å². The molecule has 1 amide bonds. The van der Waals surface area contributed by atoms with Crippen LogP contribution in [0.15, 0.2) is 30.5 Å². The number of nitrogens with zero attached hydrogens (tertiary/aromatic N) is 3. The lowest BCUT2D eigenvalue weighted by atomic mass is 9.85. The van der Waals surface area contributed by atoms with Crippen LogP contribution in [0, 0.1) is 5.92 Å². The zero-order chi connectivity index (χ0) is 17.7. The molecule has 2 atom stereocenters. The average Bonchev–Trinajstić information content (AvgIpc) is 3.00. The molecule has 0 saturated heterocycles. The summed E-state index contributed by atoms with van der Waals surface area (Å²) in [4.78, 5) is 17.2. The smallest absolute Gasteiger partial charge is 0.230 e. The average molecular weight is 358 g/mol. The van der Waals surface area contributed by atoms with E-state index in [4.69, 9.17) is 11.6 Å². The summed E-state index contributed by atoms with van der Waals surface area (Å²) in [5.74, 6) is 0.133. The summed E-state index contributed by atoms with van der Waals surface area (Å²) < 4.78 is 2.31. The van der Waals surface area contributed by atoms with Crippen molar-refractivity contribution in [2.75, 3.05) is 26.7 Å². The van der Waals surface area contributed by atoms with Crippen molar-refractivity contribution in [1.29, 1.82) is 0 Å². The molecule has 0 radical (unpaired) electrons. The molecule has 2 aromatic rings. The van der Waals surface area contributed by atoms with E-state index < -0.39 is 0 Å². The van der Waals surface area contributed by atoms with Gasteiger partial charge in [0.25, 0.3) is 0 Å². The highest BCUT2D eigenvalue weighted by Crippen LogP contribution is 2.40. The standard InChI is InChI=1S/C20H24ClN3O/c1-4-23(5-2)20(25)14-9-16-17-10-15(21)8-13-6-7-24(19(13)17)12-18(16)22(3)11-14/h6-10,14,18H,4-5,11-12H2,1-3H3. The lowest BCUT2D eigenvalue weighted by Gasteiger charge is -2.41. The Morgan fingerprint density at radius 1 is 1.28 bits per heavy atom.